The number of benzene rings is 1. The summed E-state index contributed by atoms with van der Waals surface area (Å²) in [5, 5.41) is 2.52. The molecule has 1 amide bonds. The lowest BCUT2D eigenvalue weighted by Crippen LogP contribution is -2.49. The molecule has 0 atom stereocenters. The van der Waals surface area contributed by atoms with E-state index in [1.165, 1.54) is 11.3 Å². The number of hydrogen-bond donors (Lipinski definition) is 0. The quantitative estimate of drug-likeness (QED) is 0.638. The molecule has 3 aromatic rings. The zero-order valence-corrected chi connectivity index (χ0v) is 17.1. The third kappa shape index (κ3) is 3.86. The van der Waals surface area contributed by atoms with Gasteiger partial charge in [-0.15, -0.1) is 11.3 Å². The van der Waals surface area contributed by atoms with Gasteiger partial charge in [0, 0.05) is 44.0 Å². The highest BCUT2D eigenvalue weighted by Crippen LogP contribution is 2.39. The maximum Gasteiger partial charge on any atom is 0.273 e. The van der Waals surface area contributed by atoms with Crippen molar-refractivity contribution < 1.29 is 14.3 Å². The summed E-state index contributed by atoms with van der Waals surface area (Å²) in [6, 6.07) is 7.41. The Bertz CT molecular complexity index is 987. The number of piperazine rings is 1. The lowest BCUT2D eigenvalue weighted by atomic mass is 10.2. The van der Waals surface area contributed by atoms with Crippen LogP contribution in [0.3, 0.4) is 0 Å². The van der Waals surface area contributed by atoms with Gasteiger partial charge in [-0.2, -0.15) is 0 Å². The van der Waals surface area contributed by atoms with Gasteiger partial charge in [-0.05, 0) is 18.2 Å². The molecule has 1 aliphatic heterocycles. The van der Waals surface area contributed by atoms with Gasteiger partial charge in [-0.1, -0.05) is 6.07 Å². The first-order valence-electron chi connectivity index (χ1n) is 9.19. The van der Waals surface area contributed by atoms with Crippen LogP contribution in [0.2, 0.25) is 0 Å². The number of carbonyl (C=O) groups excluding carboxylic acids is 1. The standard InChI is InChI=1S/C20H21N5O3S/c1-27-16-6-3-5-14(17(16)28-2)18-23-15(13-29-18)19(26)24-9-11-25(12-10-24)20-21-7-4-8-22-20/h3-8,13H,9-12H2,1-2H3. The average molecular weight is 411 g/mol. The van der Waals surface area contributed by atoms with Crippen LogP contribution in [0.5, 0.6) is 11.5 Å². The largest absolute Gasteiger partial charge is 0.493 e. The first-order valence-corrected chi connectivity index (χ1v) is 10.1. The van der Waals surface area contributed by atoms with Crippen LogP contribution in [0.15, 0.2) is 42.0 Å². The van der Waals surface area contributed by atoms with E-state index in [9.17, 15) is 4.79 Å². The Hall–Kier alpha value is -3.20. The molecule has 4 rings (SSSR count). The second kappa shape index (κ2) is 8.44. The molecule has 1 saturated heterocycles. The summed E-state index contributed by atoms with van der Waals surface area (Å²) in [7, 11) is 3.19. The smallest absolute Gasteiger partial charge is 0.273 e. The molecule has 0 saturated carbocycles. The van der Waals surface area contributed by atoms with Gasteiger partial charge in [0.2, 0.25) is 5.95 Å². The molecule has 2 aromatic heterocycles. The first kappa shape index (κ1) is 19.1. The Kier molecular flexibility index (Phi) is 5.57. The normalized spacial score (nSPS) is 14.0. The van der Waals surface area contributed by atoms with Crippen molar-refractivity contribution in [3.05, 3.63) is 47.7 Å². The van der Waals surface area contributed by atoms with E-state index in [1.807, 2.05) is 23.1 Å². The van der Waals surface area contributed by atoms with Gasteiger partial charge in [-0.3, -0.25) is 4.79 Å². The van der Waals surface area contributed by atoms with Gasteiger partial charge in [-0.25, -0.2) is 15.0 Å². The molecule has 1 aliphatic rings. The van der Waals surface area contributed by atoms with Crippen LogP contribution >= 0.6 is 11.3 Å². The van der Waals surface area contributed by atoms with Crippen molar-refractivity contribution in [2.75, 3.05) is 45.3 Å². The van der Waals surface area contributed by atoms with Gasteiger partial charge in [0.05, 0.1) is 19.8 Å². The van der Waals surface area contributed by atoms with Crippen LogP contribution in [0, 0.1) is 0 Å². The molecule has 29 heavy (non-hydrogen) atoms. The molecule has 1 aromatic carbocycles. The summed E-state index contributed by atoms with van der Waals surface area (Å²) in [5.74, 6) is 1.87. The molecule has 0 radical (unpaired) electrons. The van der Waals surface area contributed by atoms with Crippen LogP contribution in [0.1, 0.15) is 10.5 Å². The van der Waals surface area contributed by atoms with Crippen LogP contribution in [0.4, 0.5) is 5.95 Å². The van der Waals surface area contributed by atoms with Crippen molar-refractivity contribution in [1.82, 2.24) is 19.9 Å². The molecule has 150 valence electrons. The Balaban J connectivity index is 1.47. The number of amides is 1. The Morgan fingerprint density at radius 1 is 1.03 bits per heavy atom. The highest BCUT2D eigenvalue weighted by atomic mass is 32.1. The van der Waals surface area contributed by atoms with E-state index in [2.05, 4.69) is 19.9 Å². The van der Waals surface area contributed by atoms with E-state index in [1.54, 1.807) is 38.1 Å². The Morgan fingerprint density at radius 2 is 1.79 bits per heavy atom. The fourth-order valence-corrected chi connectivity index (χ4v) is 4.09. The third-order valence-corrected chi connectivity index (χ3v) is 5.63. The second-order valence-electron chi connectivity index (χ2n) is 6.41. The molecular formula is C20H21N5O3S. The number of para-hydroxylation sites is 1. The fraction of sp³-hybridized carbons (Fsp3) is 0.300. The number of ether oxygens (including phenoxy) is 2. The van der Waals surface area contributed by atoms with Crippen molar-refractivity contribution in [3.8, 4) is 22.1 Å². The maximum absolute atomic E-state index is 12.9. The van der Waals surface area contributed by atoms with E-state index in [4.69, 9.17) is 9.47 Å². The third-order valence-electron chi connectivity index (χ3n) is 4.76. The van der Waals surface area contributed by atoms with Crippen molar-refractivity contribution in [3.63, 3.8) is 0 Å². The molecule has 0 spiro atoms. The van der Waals surface area contributed by atoms with Gasteiger partial charge >= 0.3 is 0 Å². The number of methoxy groups -OCH3 is 2. The lowest BCUT2D eigenvalue weighted by molar-refractivity contribution is 0.0741. The number of rotatable bonds is 5. The number of nitrogens with zero attached hydrogens (tertiary/aromatic N) is 5. The van der Waals surface area contributed by atoms with Crippen molar-refractivity contribution in [1.29, 1.82) is 0 Å². The van der Waals surface area contributed by atoms with E-state index < -0.39 is 0 Å². The monoisotopic (exact) mass is 411 g/mol. The van der Waals surface area contributed by atoms with Crippen molar-refractivity contribution in [2.45, 2.75) is 0 Å². The number of anilines is 1. The topological polar surface area (TPSA) is 80.7 Å². The zero-order chi connectivity index (χ0) is 20.2. The molecule has 1 fully saturated rings. The number of carbonyl (C=O) groups is 1. The minimum Gasteiger partial charge on any atom is -0.493 e. The number of thiazole rings is 1. The summed E-state index contributed by atoms with van der Waals surface area (Å²) in [6.07, 6.45) is 3.45. The van der Waals surface area contributed by atoms with Gasteiger partial charge in [0.25, 0.3) is 5.91 Å². The predicted octanol–water partition coefficient (Wildman–Crippen LogP) is 2.58. The highest BCUT2D eigenvalue weighted by molar-refractivity contribution is 7.13. The molecule has 0 unspecified atom stereocenters. The minimum absolute atomic E-state index is 0.0667. The highest BCUT2D eigenvalue weighted by Gasteiger charge is 2.25. The summed E-state index contributed by atoms with van der Waals surface area (Å²) in [4.78, 5) is 30.0. The van der Waals surface area contributed by atoms with Gasteiger partial charge in [0.15, 0.2) is 11.5 Å². The Labute approximate surface area is 172 Å². The second-order valence-corrected chi connectivity index (χ2v) is 7.27. The van der Waals surface area contributed by atoms with E-state index in [0.29, 0.717) is 49.3 Å². The average Bonchev–Trinajstić information content (AvgIpc) is 3.28. The number of aromatic nitrogens is 3. The molecule has 0 aliphatic carbocycles. The van der Waals surface area contributed by atoms with Crippen molar-refractivity contribution >= 4 is 23.2 Å². The van der Waals surface area contributed by atoms with Crippen molar-refractivity contribution in [2.24, 2.45) is 0 Å². The fourth-order valence-electron chi connectivity index (χ4n) is 3.28. The molecular weight excluding hydrogens is 390 g/mol. The van der Waals surface area contributed by atoms with E-state index >= 15 is 0 Å². The summed E-state index contributed by atoms with van der Waals surface area (Å²) in [5.41, 5.74) is 1.25. The first-order chi connectivity index (χ1) is 14.2. The van der Waals surface area contributed by atoms with E-state index in [0.717, 1.165) is 10.6 Å². The van der Waals surface area contributed by atoms with E-state index in [-0.39, 0.29) is 5.91 Å². The van der Waals surface area contributed by atoms with Crippen LogP contribution < -0.4 is 14.4 Å². The van der Waals surface area contributed by atoms with Crippen LogP contribution in [-0.4, -0.2) is 66.2 Å². The molecule has 0 bridgehead atoms. The van der Waals surface area contributed by atoms with Crippen LogP contribution in [0.25, 0.3) is 10.6 Å². The lowest BCUT2D eigenvalue weighted by Gasteiger charge is -2.34. The zero-order valence-electron chi connectivity index (χ0n) is 16.2. The van der Waals surface area contributed by atoms with Gasteiger partial charge in [0.1, 0.15) is 10.7 Å². The van der Waals surface area contributed by atoms with Crippen LogP contribution in [-0.2, 0) is 0 Å². The molecule has 8 nitrogen and oxygen atoms in total. The SMILES string of the molecule is COc1cccc(-c2nc(C(=O)N3CCN(c4ncccn4)CC3)cs2)c1OC. The molecule has 3 heterocycles. The number of hydrogen-bond acceptors (Lipinski definition) is 8. The molecule has 9 heteroatoms. The summed E-state index contributed by atoms with van der Waals surface area (Å²) < 4.78 is 10.8. The summed E-state index contributed by atoms with van der Waals surface area (Å²) >= 11 is 1.42. The maximum atomic E-state index is 12.9. The van der Waals surface area contributed by atoms with Gasteiger partial charge < -0.3 is 19.3 Å². The Morgan fingerprint density at radius 3 is 2.48 bits per heavy atom. The summed E-state index contributed by atoms with van der Waals surface area (Å²) in [6.45, 7) is 2.59. The molecule has 0 N–H and O–H groups in total. The minimum atomic E-state index is -0.0667. The predicted molar refractivity (Wildman–Crippen MR) is 111 cm³/mol.